The number of hydrogen-bond acceptors (Lipinski definition) is 7. The van der Waals surface area contributed by atoms with Gasteiger partial charge in [-0.2, -0.15) is 0 Å². The summed E-state index contributed by atoms with van der Waals surface area (Å²) in [7, 11) is 0. The van der Waals surface area contributed by atoms with Gasteiger partial charge in [0.25, 0.3) is 5.91 Å². The van der Waals surface area contributed by atoms with E-state index in [1.165, 1.54) is 11.3 Å². The SMILES string of the molecule is CCC(C(=N)C(=O)OCc1ccccc1)C(=O)Nc1nc(-c2ccc(C(=O)NC3CCCC3)cc2)cs1. The molecule has 0 radical (unpaired) electrons. The van der Waals surface area contributed by atoms with Crippen LogP contribution in [0.5, 0.6) is 0 Å². The summed E-state index contributed by atoms with van der Waals surface area (Å²) < 4.78 is 5.21. The van der Waals surface area contributed by atoms with E-state index in [0.717, 1.165) is 36.8 Å². The van der Waals surface area contributed by atoms with E-state index in [1.807, 2.05) is 47.8 Å². The summed E-state index contributed by atoms with van der Waals surface area (Å²) in [5.41, 5.74) is 2.49. The molecular formula is C28H30N4O4S. The second kappa shape index (κ2) is 12.4. The van der Waals surface area contributed by atoms with Crippen LogP contribution in [0.25, 0.3) is 11.3 Å². The Balaban J connectivity index is 1.33. The van der Waals surface area contributed by atoms with Gasteiger partial charge in [-0.15, -0.1) is 11.3 Å². The second-order valence-corrected chi connectivity index (χ2v) is 9.85. The number of anilines is 1. The lowest BCUT2D eigenvalue weighted by Crippen LogP contribution is -2.34. The Bertz CT molecular complexity index is 1250. The molecule has 2 aromatic carbocycles. The number of esters is 1. The predicted molar refractivity (Wildman–Crippen MR) is 144 cm³/mol. The van der Waals surface area contributed by atoms with Crippen molar-refractivity contribution in [2.24, 2.45) is 5.92 Å². The van der Waals surface area contributed by atoms with Crippen LogP contribution < -0.4 is 10.6 Å². The van der Waals surface area contributed by atoms with Crippen molar-refractivity contribution in [1.29, 1.82) is 5.41 Å². The fourth-order valence-electron chi connectivity index (χ4n) is 4.25. The molecule has 2 amide bonds. The maximum absolute atomic E-state index is 12.8. The fourth-order valence-corrected chi connectivity index (χ4v) is 4.97. The third kappa shape index (κ3) is 6.89. The van der Waals surface area contributed by atoms with Crippen molar-refractivity contribution in [2.75, 3.05) is 5.32 Å². The van der Waals surface area contributed by atoms with Crippen molar-refractivity contribution in [1.82, 2.24) is 10.3 Å². The molecule has 1 aliphatic carbocycles. The summed E-state index contributed by atoms with van der Waals surface area (Å²) in [5.74, 6) is -2.32. The first-order chi connectivity index (χ1) is 17.9. The van der Waals surface area contributed by atoms with Crippen LogP contribution in [0, 0.1) is 11.3 Å². The van der Waals surface area contributed by atoms with Crippen LogP contribution in [-0.4, -0.2) is 34.5 Å². The standard InChI is InChI=1S/C28H30N4O4S/c1-2-22(24(29)27(35)36-16-18-8-4-3-5-9-18)26(34)32-28-31-23(17-37-28)19-12-14-20(15-13-19)25(33)30-21-10-6-7-11-21/h3-5,8-9,12-15,17,21-22,29H,2,6-7,10-11,16H2,1H3,(H,30,33)(H,31,32,34). The number of benzene rings is 2. The summed E-state index contributed by atoms with van der Waals surface area (Å²) in [6.45, 7) is 1.78. The second-order valence-electron chi connectivity index (χ2n) is 9.00. The first-order valence-electron chi connectivity index (χ1n) is 12.4. The third-order valence-electron chi connectivity index (χ3n) is 6.37. The molecule has 1 unspecified atom stereocenters. The Labute approximate surface area is 220 Å². The molecule has 3 N–H and O–H groups in total. The number of rotatable bonds is 10. The molecule has 8 nitrogen and oxygen atoms in total. The van der Waals surface area contributed by atoms with E-state index in [1.54, 1.807) is 19.1 Å². The van der Waals surface area contributed by atoms with Crippen LogP contribution in [0.4, 0.5) is 5.13 Å². The zero-order valence-corrected chi connectivity index (χ0v) is 21.5. The van der Waals surface area contributed by atoms with Gasteiger partial charge in [0.2, 0.25) is 5.91 Å². The third-order valence-corrected chi connectivity index (χ3v) is 7.13. The van der Waals surface area contributed by atoms with Crippen LogP contribution in [-0.2, 0) is 20.9 Å². The van der Waals surface area contributed by atoms with Gasteiger partial charge >= 0.3 is 5.97 Å². The van der Waals surface area contributed by atoms with Crippen LogP contribution in [0.3, 0.4) is 0 Å². The molecule has 37 heavy (non-hydrogen) atoms. The number of carbonyl (C=O) groups excluding carboxylic acids is 3. The topological polar surface area (TPSA) is 121 Å². The van der Waals surface area contributed by atoms with Crippen molar-refractivity contribution >= 4 is 40.0 Å². The van der Waals surface area contributed by atoms with Gasteiger partial charge < -0.3 is 15.4 Å². The van der Waals surface area contributed by atoms with E-state index in [4.69, 9.17) is 10.1 Å². The highest BCUT2D eigenvalue weighted by Crippen LogP contribution is 2.26. The van der Waals surface area contributed by atoms with Gasteiger partial charge in [-0.3, -0.25) is 15.0 Å². The van der Waals surface area contributed by atoms with Crippen molar-refractivity contribution in [3.8, 4) is 11.3 Å². The zero-order valence-electron chi connectivity index (χ0n) is 20.7. The summed E-state index contributed by atoms with van der Waals surface area (Å²) in [6, 6.07) is 16.6. The summed E-state index contributed by atoms with van der Waals surface area (Å²) in [5, 5.41) is 16.2. The van der Waals surface area contributed by atoms with Gasteiger partial charge in [-0.1, -0.05) is 62.2 Å². The number of nitrogens with zero attached hydrogens (tertiary/aromatic N) is 1. The number of nitrogens with one attached hydrogen (secondary N) is 3. The minimum absolute atomic E-state index is 0.0387. The minimum Gasteiger partial charge on any atom is -0.456 e. The van der Waals surface area contributed by atoms with Gasteiger partial charge in [-0.25, -0.2) is 9.78 Å². The van der Waals surface area contributed by atoms with Crippen LogP contribution in [0.1, 0.15) is 54.9 Å². The zero-order chi connectivity index (χ0) is 26.2. The average molecular weight is 519 g/mol. The number of amides is 2. The lowest BCUT2D eigenvalue weighted by molar-refractivity contribution is -0.137. The largest absolute Gasteiger partial charge is 0.456 e. The quantitative estimate of drug-likeness (QED) is 0.251. The Morgan fingerprint density at radius 3 is 2.46 bits per heavy atom. The van der Waals surface area contributed by atoms with E-state index < -0.39 is 17.8 Å². The Kier molecular flexibility index (Phi) is 8.79. The molecule has 1 aromatic heterocycles. The minimum atomic E-state index is -0.951. The number of thiazole rings is 1. The van der Waals surface area contributed by atoms with Crippen molar-refractivity contribution in [3.63, 3.8) is 0 Å². The normalized spacial score (nSPS) is 14.1. The molecule has 1 fully saturated rings. The van der Waals surface area contributed by atoms with Gasteiger partial charge in [0.1, 0.15) is 12.3 Å². The molecule has 192 valence electrons. The molecule has 1 heterocycles. The Morgan fingerprint density at radius 1 is 1.08 bits per heavy atom. The first kappa shape index (κ1) is 26.2. The van der Waals surface area contributed by atoms with E-state index in [2.05, 4.69) is 15.6 Å². The molecule has 3 aromatic rings. The van der Waals surface area contributed by atoms with Crippen molar-refractivity contribution < 1.29 is 19.1 Å². The Hall–Kier alpha value is -3.85. The van der Waals surface area contributed by atoms with Gasteiger partial charge in [0.15, 0.2) is 5.13 Å². The molecular weight excluding hydrogens is 488 g/mol. The van der Waals surface area contributed by atoms with Crippen molar-refractivity contribution in [2.45, 2.75) is 51.7 Å². The van der Waals surface area contributed by atoms with Crippen LogP contribution in [0.2, 0.25) is 0 Å². The highest BCUT2D eigenvalue weighted by Gasteiger charge is 2.28. The molecule has 1 atom stereocenters. The first-order valence-corrected chi connectivity index (χ1v) is 13.3. The molecule has 0 spiro atoms. The van der Waals surface area contributed by atoms with Gasteiger partial charge in [-0.05, 0) is 37.0 Å². The summed E-state index contributed by atoms with van der Waals surface area (Å²) in [6.07, 6.45) is 4.65. The number of carbonyl (C=O) groups is 3. The van der Waals surface area contributed by atoms with Crippen molar-refractivity contribution in [3.05, 3.63) is 71.1 Å². The van der Waals surface area contributed by atoms with E-state index >= 15 is 0 Å². The number of hydrogen-bond donors (Lipinski definition) is 3. The number of ether oxygens (including phenoxy) is 1. The lowest BCUT2D eigenvalue weighted by Gasteiger charge is -2.14. The molecule has 1 saturated carbocycles. The maximum atomic E-state index is 12.8. The van der Waals surface area contributed by atoms with Crippen LogP contribution >= 0.6 is 11.3 Å². The molecule has 0 bridgehead atoms. The van der Waals surface area contributed by atoms with E-state index in [0.29, 0.717) is 16.4 Å². The lowest BCUT2D eigenvalue weighted by atomic mass is 9.99. The van der Waals surface area contributed by atoms with E-state index in [9.17, 15) is 14.4 Å². The fraction of sp³-hybridized carbons (Fsp3) is 0.321. The van der Waals surface area contributed by atoms with E-state index in [-0.39, 0.29) is 30.7 Å². The molecule has 9 heteroatoms. The van der Waals surface area contributed by atoms with Gasteiger partial charge in [0, 0.05) is 22.5 Å². The smallest absolute Gasteiger partial charge is 0.353 e. The van der Waals surface area contributed by atoms with Crippen LogP contribution in [0.15, 0.2) is 60.0 Å². The Morgan fingerprint density at radius 2 is 1.78 bits per heavy atom. The molecule has 0 aliphatic heterocycles. The molecule has 1 aliphatic rings. The summed E-state index contributed by atoms with van der Waals surface area (Å²) >= 11 is 1.25. The monoisotopic (exact) mass is 518 g/mol. The predicted octanol–water partition coefficient (Wildman–Crippen LogP) is 5.21. The maximum Gasteiger partial charge on any atom is 0.353 e. The molecule has 0 saturated heterocycles. The van der Waals surface area contributed by atoms with Gasteiger partial charge in [0.05, 0.1) is 11.6 Å². The highest BCUT2D eigenvalue weighted by atomic mass is 32.1. The number of aromatic nitrogens is 1. The summed E-state index contributed by atoms with van der Waals surface area (Å²) in [4.78, 5) is 42.1. The highest BCUT2D eigenvalue weighted by molar-refractivity contribution is 7.14. The average Bonchev–Trinajstić information content (AvgIpc) is 3.60. The molecule has 4 rings (SSSR count).